The molecular formula is C9H14FNO4. The van der Waals surface area contributed by atoms with E-state index in [1.54, 1.807) is 0 Å². The summed E-state index contributed by atoms with van der Waals surface area (Å²) in [5.41, 5.74) is -1.68. The maximum Gasteiger partial charge on any atom is 0.409 e. The monoisotopic (exact) mass is 219 g/mol. The molecule has 0 aromatic rings. The first-order valence-electron chi connectivity index (χ1n) is 4.70. The lowest BCUT2D eigenvalue weighted by atomic mass is 9.90. The summed E-state index contributed by atoms with van der Waals surface area (Å²) in [4.78, 5) is 22.8. The second kappa shape index (κ2) is 4.46. The van der Waals surface area contributed by atoms with Gasteiger partial charge in [-0.2, -0.15) is 0 Å². The number of carbonyl (C=O) groups is 2. The van der Waals surface area contributed by atoms with Crippen molar-refractivity contribution in [3.05, 3.63) is 0 Å². The van der Waals surface area contributed by atoms with Crippen molar-refractivity contribution in [2.24, 2.45) is 0 Å². The van der Waals surface area contributed by atoms with E-state index in [1.807, 2.05) is 0 Å². The van der Waals surface area contributed by atoms with Crippen LogP contribution in [0, 0.1) is 0 Å². The minimum absolute atomic E-state index is 0.0500. The van der Waals surface area contributed by atoms with Crippen molar-refractivity contribution >= 4 is 12.1 Å². The lowest BCUT2D eigenvalue weighted by Crippen LogP contribution is -2.45. The largest absolute Gasteiger partial charge is 0.481 e. The van der Waals surface area contributed by atoms with Crippen LogP contribution in [0.4, 0.5) is 9.18 Å². The van der Waals surface area contributed by atoms with Gasteiger partial charge in [0.2, 0.25) is 0 Å². The van der Waals surface area contributed by atoms with Gasteiger partial charge in [-0.15, -0.1) is 0 Å². The van der Waals surface area contributed by atoms with Gasteiger partial charge in [0.1, 0.15) is 5.67 Å². The van der Waals surface area contributed by atoms with Crippen LogP contribution in [0.15, 0.2) is 0 Å². The number of aliphatic carboxylic acids is 1. The van der Waals surface area contributed by atoms with Crippen molar-refractivity contribution in [1.82, 2.24) is 4.90 Å². The Bertz CT molecular complexity index is 261. The molecule has 1 saturated heterocycles. The van der Waals surface area contributed by atoms with Gasteiger partial charge in [0.25, 0.3) is 0 Å². The first kappa shape index (κ1) is 11.7. The summed E-state index contributed by atoms with van der Waals surface area (Å²) in [6.45, 7) is 0.410. The fourth-order valence-corrected chi connectivity index (χ4v) is 1.67. The molecule has 15 heavy (non-hydrogen) atoms. The third kappa shape index (κ3) is 3.07. The van der Waals surface area contributed by atoms with Gasteiger partial charge in [-0.3, -0.25) is 4.79 Å². The van der Waals surface area contributed by atoms with Gasteiger partial charge in [-0.1, -0.05) is 0 Å². The molecule has 0 aromatic carbocycles. The summed E-state index contributed by atoms with van der Waals surface area (Å²) in [6, 6.07) is 0. The number of ether oxygens (including phenoxy) is 1. The van der Waals surface area contributed by atoms with Crippen LogP contribution >= 0.6 is 0 Å². The van der Waals surface area contributed by atoms with Crippen molar-refractivity contribution in [2.75, 3.05) is 20.2 Å². The lowest BCUT2D eigenvalue weighted by Gasteiger charge is -2.34. The van der Waals surface area contributed by atoms with Crippen LogP contribution in [0.3, 0.4) is 0 Å². The van der Waals surface area contributed by atoms with Crippen LogP contribution < -0.4 is 0 Å². The van der Waals surface area contributed by atoms with Crippen LogP contribution in [0.1, 0.15) is 19.3 Å². The fraction of sp³-hybridized carbons (Fsp3) is 0.778. The first-order valence-corrected chi connectivity index (χ1v) is 4.70. The van der Waals surface area contributed by atoms with E-state index < -0.39 is 24.2 Å². The van der Waals surface area contributed by atoms with E-state index in [0.717, 1.165) is 0 Å². The SMILES string of the molecule is COC(=O)N1CCC(F)(CC(=O)O)CC1. The zero-order chi connectivity index (χ0) is 11.5. The van der Waals surface area contributed by atoms with Crippen molar-refractivity contribution in [3.8, 4) is 0 Å². The number of methoxy groups -OCH3 is 1. The third-order valence-electron chi connectivity index (χ3n) is 2.56. The van der Waals surface area contributed by atoms with Crippen LogP contribution in [-0.4, -0.2) is 47.9 Å². The van der Waals surface area contributed by atoms with Gasteiger partial charge in [0.15, 0.2) is 0 Å². The highest BCUT2D eigenvalue weighted by molar-refractivity contribution is 5.69. The first-order chi connectivity index (χ1) is 6.97. The molecule has 0 atom stereocenters. The Morgan fingerprint density at radius 3 is 2.40 bits per heavy atom. The highest BCUT2D eigenvalue weighted by atomic mass is 19.1. The molecule has 1 heterocycles. The van der Waals surface area contributed by atoms with E-state index in [2.05, 4.69) is 4.74 Å². The number of carboxylic acids is 1. The zero-order valence-electron chi connectivity index (χ0n) is 8.53. The number of amides is 1. The maximum absolute atomic E-state index is 13.8. The summed E-state index contributed by atoms with van der Waals surface area (Å²) < 4.78 is 18.3. The summed E-state index contributed by atoms with van der Waals surface area (Å²) >= 11 is 0. The van der Waals surface area contributed by atoms with Crippen molar-refractivity contribution in [3.63, 3.8) is 0 Å². The zero-order valence-corrected chi connectivity index (χ0v) is 8.53. The van der Waals surface area contributed by atoms with Gasteiger partial charge >= 0.3 is 12.1 Å². The fourth-order valence-electron chi connectivity index (χ4n) is 1.67. The van der Waals surface area contributed by atoms with Gasteiger partial charge in [-0.25, -0.2) is 9.18 Å². The number of halogens is 1. The number of hydrogen-bond donors (Lipinski definition) is 1. The molecule has 0 bridgehead atoms. The standard InChI is InChI=1S/C9H14FNO4/c1-15-8(14)11-4-2-9(10,3-5-11)6-7(12)13/h2-6H2,1H3,(H,12,13). The molecule has 1 fully saturated rings. The van der Waals surface area contributed by atoms with E-state index in [4.69, 9.17) is 5.11 Å². The Labute approximate surface area is 86.8 Å². The topological polar surface area (TPSA) is 66.8 Å². The number of piperidine rings is 1. The Morgan fingerprint density at radius 2 is 2.00 bits per heavy atom. The van der Waals surface area contributed by atoms with Gasteiger partial charge in [0.05, 0.1) is 13.5 Å². The molecule has 1 aliphatic rings. The minimum Gasteiger partial charge on any atom is -0.481 e. The highest BCUT2D eigenvalue weighted by Gasteiger charge is 2.38. The van der Waals surface area contributed by atoms with Crippen LogP contribution in [0.25, 0.3) is 0 Å². The molecule has 1 N–H and O–H groups in total. The van der Waals surface area contributed by atoms with Gasteiger partial charge < -0.3 is 14.7 Å². The molecule has 0 spiro atoms. The summed E-state index contributed by atoms with van der Waals surface area (Å²) in [5, 5.41) is 8.51. The Hall–Kier alpha value is -1.33. The van der Waals surface area contributed by atoms with E-state index in [-0.39, 0.29) is 25.9 Å². The molecule has 0 saturated carbocycles. The molecule has 0 radical (unpaired) electrons. The van der Waals surface area contributed by atoms with Crippen LogP contribution in [0.2, 0.25) is 0 Å². The molecule has 6 heteroatoms. The van der Waals surface area contributed by atoms with Crippen LogP contribution in [-0.2, 0) is 9.53 Å². The summed E-state index contributed by atoms with van der Waals surface area (Å²) in [6.07, 6.45) is -0.891. The predicted octanol–water partition coefficient (Wildman–Crippen LogP) is 1.03. The predicted molar refractivity (Wildman–Crippen MR) is 49.3 cm³/mol. The maximum atomic E-state index is 13.8. The Morgan fingerprint density at radius 1 is 1.47 bits per heavy atom. The van der Waals surface area contributed by atoms with Gasteiger partial charge in [0, 0.05) is 13.1 Å². The molecule has 86 valence electrons. The molecular weight excluding hydrogens is 205 g/mol. The summed E-state index contributed by atoms with van der Waals surface area (Å²) in [7, 11) is 1.26. The number of hydrogen-bond acceptors (Lipinski definition) is 3. The molecule has 1 rings (SSSR count). The molecule has 0 aliphatic carbocycles. The number of likely N-dealkylation sites (tertiary alicyclic amines) is 1. The van der Waals surface area contributed by atoms with Crippen molar-refractivity contribution < 1.29 is 23.8 Å². The lowest BCUT2D eigenvalue weighted by molar-refractivity contribution is -0.141. The number of nitrogens with zero attached hydrogens (tertiary/aromatic N) is 1. The van der Waals surface area contributed by atoms with Crippen LogP contribution in [0.5, 0.6) is 0 Å². The average Bonchev–Trinajstić information content (AvgIpc) is 2.16. The molecule has 0 unspecified atom stereocenters. The Kier molecular flexibility index (Phi) is 3.49. The summed E-state index contributed by atoms with van der Waals surface area (Å²) in [5.74, 6) is -1.15. The number of alkyl halides is 1. The second-order valence-electron chi connectivity index (χ2n) is 3.68. The number of carbonyl (C=O) groups excluding carboxylic acids is 1. The minimum atomic E-state index is -1.68. The normalized spacial score (nSPS) is 19.7. The number of rotatable bonds is 2. The second-order valence-corrected chi connectivity index (χ2v) is 3.68. The van der Waals surface area contributed by atoms with E-state index in [1.165, 1.54) is 12.0 Å². The molecule has 1 aliphatic heterocycles. The Balaban J connectivity index is 2.47. The molecule has 5 nitrogen and oxygen atoms in total. The average molecular weight is 219 g/mol. The quantitative estimate of drug-likeness (QED) is 0.753. The van der Waals surface area contributed by atoms with Crippen molar-refractivity contribution in [2.45, 2.75) is 24.9 Å². The van der Waals surface area contributed by atoms with Gasteiger partial charge in [-0.05, 0) is 12.8 Å². The van der Waals surface area contributed by atoms with E-state index >= 15 is 0 Å². The molecule has 1 amide bonds. The smallest absolute Gasteiger partial charge is 0.409 e. The van der Waals surface area contributed by atoms with E-state index in [0.29, 0.717) is 0 Å². The van der Waals surface area contributed by atoms with Crippen molar-refractivity contribution in [1.29, 1.82) is 0 Å². The molecule has 0 aromatic heterocycles. The number of carboxylic acid groups (broad SMARTS) is 1. The van der Waals surface area contributed by atoms with E-state index in [9.17, 15) is 14.0 Å². The third-order valence-corrected chi connectivity index (χ3v) is 2.56. The highest BCUT2D eigenvalue weighted by Crippen LogP contribution is 2.30.